The number of nitrogens with zero attached hydrogens (tertiary/aromatic N) is 1. The number of benzene rings is 8. The Morgan fingerprint density at radius 1 is 0.255 bits per heavy atom. The molecule has 47 heavy (non-hydrogen) atoms. The number of fused-ring (bicyclic) bond motifs is 5. The van der Waals surface area contributed by atoms with Crippen LogP contribution in [0.5, 0.6) is 0 Å². The van der Waals surface area contributed by atoms with Gasteiger partial charge in [0.2, 0.25) is 0 Å². The molecule has 8 aromatic carbocycles. The van der Waals surface area contributed by atoms with Crippen molar-refractivity contribution in [1.82, 2.24) is 0 Å². The molecule has 0 heterocycles. The summed E-state index contributed by atoms with van der Waals surface area (Å²) < 4.78 is 0. The lowest BCUT2D eigenvalue weighted by atomic mass is 9.70. The summed E-state index contributed by atoms with van der Waals surface area (Å²) in [6.45, 7) is 0. The molecule has 0 fully saturated rings. The highest BCUT2D eigenvalue weighted by atomic mass is 15.1. The highest BCUT2D eigenvalue weighted by Crippen LogP contribution is 2.59. The van der Waals surface area contributed by atoms with E-state index in [9.17, 15) is 0 Å². The molecule has 1 aliphatic carbocycles. The summed E-state index contributed by atoms with van der Waals surface area (Å²) in [6, 6.07) is 67.9. The Morgan fingerprint density at radius 2 is 0.660 bits per heavy atom. The molecule has 0 aliphatic heterocycles. The standard InChI is InChI=1S/C46H31N/c1-5-15-32(16-6-1)33-25-27-37(28-26-33)47(36-21-11-4-12-22-36)38-29-30-41-42(31-38)44(35-19-9-3-10-20-35)46-40-24-14-13-23-39(40)45(46)43(41)34-17-7-2-8-18-34/h1-31H. The predicted molar refractivity (Wildman–Crippen MR) is 199 cm³/mol. The van der Waals surface area contributed by atoms with Gasteiger partial charge in [-0.2, -0.15) is 0 Å². The van der Waals surface area contributed by atoms with E-state index in [1.807, 2.05) is 0 Å². The first-order valence-electron chi connectivity index (χ1n) is 16.2. The Morgan fingerprint density at radius 3 is 1.21 bits per heavy atom. The first kappa shape index (κ1) is 27.2. The van der Waals surface area contributed by atoms with Gasteiger partial charge in [0.15, 0.2) is 0 Å². The zero-order chi connectivity index (χ0) is 31.2. The lowest BCUT2D eigenvalue weighted by Gasteiger charge is -2.33. The molecule has 1 heteroatoms. The third kappa shape index (κ3) is 4.56. The second kappa shape index (κ2) is 11.3. The van der Waals surface area contributed by atoms with Gasteiger partial charge in [-0.05, 0) is 103 Å². The summed E-state index contributed by atoms with van der Waals surface area (Å²) in [4.78, 5) is 2.37. The molecule has 0 N–H and O–H groups in total. The van der Waals surface area contributed by atoms with E-state index in [4.69, 9.17) is 0 Å². The first-order chi connectivity index (χ1) is 23.3. The second-order valence-corrected chi connectivity index (χ2v) is 12.1. The van der Waals surface area contributed by atoms with Crippen LogP contribution in [0.2, 0.25) is 0 Å². The number of hydrogen-bond donors (Lipinski definition) is 0. The minimum absolute atomic E-state index is 1.12. The van der Waals surface area contributed by atoms with Gasteiger partial charge in [-0.3, -0.25) is 0 Å². The van der Waals surface area contributed by atoms with Crippen LogP contribution in [0, 0.1) is 0 Å². The van der Waals surface area contributed by atoms with E-state index < -0.39 is 0 Å². The van der Waals surface area contributed by atoms with Crippen molar-refractivity contribution in [2.24, 2.45) is 0 Å². The maximum absolute atomic E-state index is 2.41. The molecule has 8 aromatic rings. The Labute approximate surface area is 275 Å². The lowest BCUT2D eigenvalue weighted by molar-refractivity contribution is 1.29. The van der Waals surface area contributed by atoms with Gasteiger partial charge in [0.1, 0.15) is 0 Å². The van der Waals surface area contributed by atoms with Gasteiger partial charge >= 0.3 is 0 Å². The third-order valence-corrected chi connectivity index (χ3v) is 9.39. The van der Waals surface area contributed by atoms with Crippen LogP contribution in [0.4, 0.5) is 17.1 Å². The molecular weight excluding hydrogens is 567 g/mol. The van der Waals surface area contributed by atoms with Crippen LogP contribution in [0.3, 0.4) is 0 Å². The zero-order valence-electron chi connectivity index (χ0n) is 25.8. The van der Waals surface area contributed by atoms with Crippen molar-refractivity contribution in [1.29, 1.82) is 0 Å². The molecular formula is C46H31N. The van der Waals surface area contributed by atoms with Crippen molar-refractivity contribution >= 4 is 27.8 Å². The molecule has 0 atom stereocenters. The van der Waals surface area contributed by atoms with Crippen LogP contribution in [0.25, 0.3) is 66.4 Å². The monoisotopic (exact) mass is 597 g/mol. The maximum Gasteiger partial charge on any atom is 0.0468 e. The number of rotatable bonds is 6. The Hall–Kier alpha value is -6.18. The van der Waals surface area contributed by atoms with Gasteiger partial charge in [0.25, 0.3) is 0 Å². The van der Waals surface area contributed by atoms with Crippen LogP contribution < -0.4 is 4.90 Å². The van der Waals surface area contributed by atoms with E-state index in [1.54, 1.807) is 0 Å². The van der Waals surface area contributed by atoms with E-state index in [2.05, 4.69) is 193 Å². The van der Waals surface area contributed by atoms with Gasteiger partial charge in [-0.1, -0.05) is 152 Å². The lowest BCUT2D eigenvalue weighted by Crippen LogP contribution is -2.10. The van der Waals surface area contributed by atoms with Crippen molar-refractivity contribution in [3.63, 3.8) is 0 Å². The summed E-state index contributed by atoms with van der Waals surface area (Å²) >= 11 is 0. The smallest absolute Gasteiger partial charge is 0.0468 e. The summed E-state index contributed by atoms with van der Waals surface area (Å²) in [6.07, 6.45) is 0. The Balaban J connectivity index is 1.31. The van der Waals surface area contributed by atoms with Gasteiger partial charge in [0.05, 0.1) is 0 Å². The first-order valence-corrected chi connectivity index (χ1v) is 16.2. The van der Waals surface area contributed by atoms with Crippen molar-refractivity contribution < 1.29 is 0 Å². The fraction of sp³-hybridized carbons (Fsp3) is 0. The molecule has 0 spiro atoms. The minimum Gasteiger partial charge on any atom is -0.310 e. The van der Waals surface area contributed by atoms with Gasteiger partial charge in [0, 0.05) is 17.1 Å². The second-order valence-electron chi connectivity index (χ2n) is 12.1. The molecule has 0 bridgehead atoms. The Kier molecular flexibility index (Phi) is 6.54. The molecule has 0 saturated heterocycles. The van der Waals surface area contributed by atoms with Crippen molar-refractivity contribution in [2.45, 2.75) is 0 Å². The average molecular weight is 598 g/mol. The van der Waals surface area contributed by atoms with Crippen molar-refractivity contribution in [3.05, 3.63) is 188 Å². The molecule has 0 unspecified atom stereocenters. The van der Waals surface area contributed by atoms with E-state index in [1.165, 1.54) is 66.4 Å². The van der Waals surface area contributed by atoms with Crippen LogP contribution in [-0.2, 0) is 0 Å². The molecule has 0 amide bonds. The predicted octanol–water partition coefficient (Wildman–Crippen LogP) is 13.0. The van der Waals surface area contributed by atoms with E-state index in [0.29, 0.717) is 0 Å². The van der Waals surface area contributed by atoms with E-state index >= 15 is 0 Å². The highest BCUT2D eigenvalue weighted by Gasteiger charge is 2.32. The highest BCUT2D eigenvalue weighted by molar-refractivity contribution is 6.25. The van der Waals surface area contributed by atoms with Crippen molar-refractivity contribution in [3.8, 4) is 55.6 Å². The summed E-state index contributed by atoms with van der Waals surface area (Å²) in [5.74, 6) is 0. The SMILES string of the molecule is c1ccc(-c2ccc(N(c3ccccc3)c3ccc4c(-c5ccccc5)c5c(c(-c6ccccc6)c4c3)-c3ccccc3-5)cc2)cc1. The van der Waals surface area contributed by atoms with Gasteiger partial charge in [-0.15, -0.1) is 0 Å². The van der Waals surface area contributed by atoms with E-state index in [-0.39, 0.29) is 0 Å². The van der Waals surface area contributed by atoms with Crippen LogP contribution >= 0.6 is 0 Å². The maximum atomic E-state index is 2.41. The van der Waals surface area contributed by atoms with Crippen LogP contribution in [0.1, 0.15) is 0 Å². The van der Waals surface area contributed by atoms with Crippen LogP contribution in [0.15, 0.2) is 188 Å². The zero-order valence-corrected chi connectivity index (χ0v) is 25.8. The third-order valence-electron chi connectivity index (χ3n) is 9.39. The van der Waals surface area contributed by atoms with E-state index in [0.717, 1.165) is 17.1 Å². The van der Waals surface area contributed by atoms with Crippen LogP contribution in [-0.4, -0.2) is 0 Å². The van der Waals surface area contributed by atoms with Gasteiger partial charge in [-0.25, -0.2) is 0 Å². The number of anilines is 3. The molecule has 1 aliphatic rings. The topological polar surface area (TPSA) is 3.24 Å². The molecule has 0 saturated carbocycles. The quantitative estimate of drug-likeness (QED) is 0.184. The molecule has 0 aromatic heterocycles. The number of para-hydroxylation sites is 1. The van der Waals surface area contributed by atoms with Gasteiger partial charge < -0.3 is 4.90 Å². The summed E-state index contributed by atoms with van der Waals surface area (Å²) in [7, 11) is 0. The summed E-state index contributed by atoms with van der Waals surface area (Å²) in [5.41, 5.74) is 16.2. The normalized spacial score (nSPS) is 11.4. The van der Waals surface area contributed by atoms with Crippen molar-refractivity contribution in [2.75, 3.05) is 4.90 Å². The molecule has 220 valence electrons. The number of hydrogen-bond acceptors (Lipinski definition) is 1. The minimum atomic E-state index is 1.12. The Bertz CT molecular complexity index is 2360. The summed E-state index contributed by atoms with van der Waals surface area (Å²) in [5, 5.41) is 2.52. The average Bonchev–Trinajstić information content (AvgIpc) is 3.15. The largest absolute Gasteiger partial charge is 0.310 e. The fourth-order valence-corrected chi connectivity index (χ4v) is 7.28. The fourth-order valence-electron chi connectivity index (χ4n) is 7.28. The molecule has 1 nitrogen and oxygen atoms in total. The molecule has 9 rings (SSSR count). The molecule has 0 radical (unpaired) electrons.